The number of unbranched alkanes of at least 4 members (excludes halogenated alkanes) is 1. The lowest BCUT2D eigenvalue weighted by molar-refractivity contribution is 0.116. The first-order valence-electron chi connectivity index (χ1n) is 6.19. The van der Waals surface area contributed by atoms with E-state index in [-0.39, 0.29) is 6.09 Å². The lowest BCUT2D eigenvalue weighted by atomic mass is 10.1. The molecule has 0 radical (unpaired) electrons. The second-order valence-electron chi connectivity index (χ2n) is 4.23. The molecule has 0 bridgehead atoms. The maximum atomic E-state index is 11.5. The van der Waals surface area contributed by atoms with Crippen LogP contribution in [0.3, 0.4) is 0 Å². The molecule has 0 aliphatic carbocycles. The molecule has 0 fully saturated rings. The highest BCUT2D eigenvalue weighted by atomic mass is 16.5. The summed E-state index contributed by atoms with van der Waals surface area (Å²) in [6, 6.07) is 0. The van der Waals surface area contributed by atoms with Crippen molar-refractivity contribution in [1.29, 1.82) is 0 Å². The molecule has 0 spiro atoms. The van der Waals surface area contributed by atoms with Crippen LogP contribution in [0.2, 0.25) is 0 Å². The summed E-state index contributed by atoms with van der Waals surface area (Å²) in [5.41, 5.74) is 0.864. The van der Waals surface area contributed by atoms with Crippen LogP contribution in [0.4, 0.5) is 4.79 Å². The van der Waals surface area contributed by atoms with Crippen molar-refractivity contribution in [2.75, 3.05) is 20.3 Å². The van der Waals surface area contributed by atoms with Crippen LogP contribution < -0.4 is 4.74 Å². The van der Waals surface area contributed by atoms with E-state index in [1.54, 1.807) is 4.90 Å². The van der Waals surface area contributed by atoms with Gasteiger partial charge in [0, 0.05) is 13.0 Å². The average molecular weight is 254 g/mol. The van der Waals surface area contributed by atoms with E-state index in [9.17, 15) is 4.79 Å². The first-order valence-corrected chi connectivity index (χ1v) is 6.19. The van der Waals surface area contributed by atoms with Gasteiger partial charge >= 0.3 is 6.09 Å². The van der Waals surface area contributed by atoms with Crippen LogP contribution in [-0.2, 0) is 17.7 Å². The van der Waals surface area contributed by atoms with Gasteiger partial charge in [0.15, 0.2) is 0 Å². The van der Waals surface area contributed by atoms with Crippen molar-refractivity contribution in [3.63, 3.8) is 0 Å². The number of ether oxygens (including phenoxy) is 2. The Hall–Kier alpha value is -1.72. The van der Waals surface area contributed by atoms with E-state index in [1.807, 2.05) is 0 Å². The lowest BCUT2D eigenvalue weighted by Gasteiger charge is -2.24. The zero-order valence-corrected chi connectivity index (χ0v) is 10.8. The van der Waals surface area contributed by atoms with Gasteiger partial charge < -0.3 is 18.9 Å². The third-order valence-corrected chi connectivity index (χ3v) is 2.96. The van der Waals surface area contributed by atoms with Gasteiger partial charge in [-0.2, -0.15) is 0 Å². The van der Waals surface area contributed by atoms with Gasteiger partial charge in [0.05, 0.1) is 25.8 Å². The number of methoxy groups -OCH3 is 1. The Morgan fingerprint density at radius 1 is 1.56 bits per heavy atom. The summed E-state index contributed by atoms with van der Waals surface area (Å²) in [4.78, 5) is 13.1. The molecule has 1 aliphatic heterocycles. The molecule has 6 heteroatoms. The van der Waals surface area contributed by atoms with Crippen LogP contribution in [0, 0.1) is 0 Å². The van der Waals surface area contributed by atoms with Crippen molar-refractivity contribution in [3.05, 3.63) is 11.3 Å². The van der Waals surface area contributed by atoms with Gasteiger partial charge in [0.25, 0.3) is 5.88 Å². The predicted molar refractivity (Wildman–Crippen MR) is 63.4 cm³/mol. The van der Waals surface area contributed by atoms with Gasteiger partial charge in [-0.15, -0.1) is 0 Å². The van der Waals surface area contributed by atoms with Crippen LogP contribution in [-0.4, -0.2) is 36.4 Å². The monoisotopic (exact) mass is 254 g/mol. The number of hydrogen-bond acceptors (Lipinski definition) is 5. The minimum Gasteiger partial charge on any atom is -0.475 e. The smallest absolute Gasteiger partial charge is 0.409 e. The van der Waals surface area contributed by atoms with Gasteiger partial charge in [-0.1, -0.05) is 13.3 Å². The van der Waals surface area contributed by atoms with E-state index in [4.69, 9.17) is 14.0 Å². The molecule has 1 aromatic heterocycles. The summed E-state index contributed by atoms with van der Waals surface area (Å²) in [5.74, 6) is 1.31. The number of amides is 1. The highest BCUT2D eigenvalue weighted by Gasteiger charge is 2.28. The molecular formula is C12H18N2O4. The van der Waals surface area contributed by atoms with Crippen molar-refractivity contribution in [3.8, 4) is 5.88 Å². The van der Waals surface area contributed by atoms with Gasteiger partial charge in [-0.3, -0.25) is 0 Å². The van der Waals surface area contributed by atoms with Crippen LogP contribution >= 0.6 is 0 Å². The number of carbonyl (C=O) groups excluding carboxylic acids is 1. The summed E-state index contributed by atoms with van der Waals surface area (Å²) in [5, 5.41) is 3.91. The third kappa shape index (κ3) is 2.57. The topological polar surface area (TPSA) is 64.8 Å². The van der Waals surface area contributed by atoms with Gasteiger partial charge in [0.1, 0.15) is 5.76 Å². The minimum atomic E-state index is -0.332. The van der Waals surface area contributed by atoms with Crippen molar-refractivity contribution in [1.82, 2.24) is 10.1 Å². The second kappa shape index (κ2) is 5.75. The fraction of sp³-hybridized carbons (Fsp3) is 0.667. The van der Waals surface area contributed by atoms with Gasteiger partial charge in [-0.25, -0.2) is 4.79 Å². The fourth-order valence-electron chi connectivity index (χ4n) is 1.90. The Morgan fingerprint density at radius 3 is 3.11 bits per heavy atom. The van der Waals surface area contributed by atoms with E-state index in [1.165, 1.54) is 7.11 Å². The molecule has 6 nitrogen and oxygen atoms in total. The first-order chi connectivity index (χ1) is 8.76. The molecule has 0 N–H and O–H groups in total. The van der Waals surface area contributed by atoms with Crippen molar-refractivity contribution in [2.24, 2.45) is 0 Å². The largest absolute Gasteiger partial charge is 0.475 e. The molecule has 1 amide bonds. The van der Waals surface area contributed by atoms with Crippen LogP contribution in [0.5, 0.6) is 5.88 Å². The summed E-state index contributed by atoms with van der Waals surface area (Å²) < 4.78 is 15.5. The molecule has 0 aromatic carbocycles. The number of aromatic nitrogens is 1. The average Bonchev–Trinajstić information content (AvgIpc) is 2.81. The second-order valence-corrected chi connectivity index (χ2v) is 4.23. The molecule has 0 saturated carbocycles. The number of carbonyl (C=O) groups is 1. The van der Waals surface area contributed by atoms with Crippen LogP contribution in [0.25, 0.3) is 0 Å². The number of rotatable bonds is 4. The Kier molecular flexibility index (Phi) is 4.07. The van der Waals surface area contributed by atoms with Gasteiger partial charge in [-0.05, 0) is 11.6 Å². The molecule has 2 rings (SSSR count). The highest BCUT2D eigenvalue weighted by Crippen LogP contribution is 2.27. The maximum absolute atomic E-state index is 11.5. The first kappa shape index (κ1) is 12.7. The quantitative estimate of drug-likeness (QED) is 0.769. The molecular weight excluding hydrogens is 236 g/mol. The summed E-state index contributed by atoms with van der Waals surface area (Å²) >= 11 is 0. The minimum absolute atomic E-state index is 0.332. The molecule has 2 heterocycles. The van der Waals surface area contributed by atoms with E-state index < -0.39 is 0 Å². The summed E-state index contributed by atoms with van der Waals surface area (Å²) in [7, 11) is 1.38. The number of fused-ring (bicyclic) bond motifs is 1. The van der Waals surface area contributed by atoms with E-state index in [0.29, 0.717) is 32.0 Å². The Bertz CT molecular complexity index is 416. The normalized spacial score (nSPS) is 14.2. The molecule has 100 valence electrons. The van der Waals surface area contributed by atoms with Gasteiger partial charge in [0.2, 0.25) is 0 Å². The molecule has 0 atom stereocenters. The molecule has 0 unspecified atom stereocenters. The highest BCUT2D eigenvalue weighted by molar-refractivity contribution is 5.68. The summed E-state index contributed by atoms with van der Waals surface area (Å²) in [6.45, 7) is 3.74. The van der Waals surface area contributed by atoms with Crippen molar-refractivity contribution >= 4 is 6.09 Å². The summed E-state index contributed by atoms with van der Waals surface area (Å²) in [6.07, 6.45) is 2.35. The third-order valence-electron chi connectivity index (χ3n) is 2.96. The lowest BCUT2D eigenvalue weighted by Crippen LogP contribution is -2.35. The van der Waals surface area contributed by atoms with Crippen molar-refractivity contribution in [2.45, 2.75) is 32.7 Å². The fourth-order valence-corrected chi connectivity index (χ4v) is 1.90. The van der Waals surface area contributed by atoms with E-state index in [0.717, 1.165) is 24.2 Å². The zero-order chi connectivity index (χ0) is 13.0. The Labute approximate surface area is 106 Å². The van der Waals surface area contributed by atoms with E-state index in [2.05, 4.69) is 12.1 Å². The number of nitrogens with zero attached hydrogens (tertiary/aromatic N) is 2. The zero-order valence-electron chi connectivity index (χ0n) is 10.8. The Balaban J connectivity index is 2.04. The molecule has 0 saturated heterocycles. The predicted octanol–water partition coefficient (Wildman–Crippen LogP) is 1.98. The number of hydrogen-bond donors (Lipinski definition) is 0. The maximum Gasteiger partial charge on any atom is 0.409 e. The van der Waals surface area contributed by atoms with Crippen LogP contribution in [0.15, 0.2) is 4.52 Å². The SMILES string of the molecule is CCCCOc1noc2c1CN(C(=O)OC)CC2. The van der Waals surface area contributed by atoms with E-state index >= 15 is 0 Å². The Morgan fingerprint density at radius 2 is 2.39 bits per heavy atom. The standard InChI is InChI=1S/C12H18N2O4/c1-3-4-7-17-11-9-8-14(12(15)16-2)6-5-10(9)18-13-11/h3-8H2,1-2H3. The van der Waals surface area contributed by atoms with Crippen LogP contribution in [0.1, 0.15) is 31.1 Å². The molecule has 18 heavy (non-hydrogen) atoms. The molecule has 1 aromatic rings. The molecule has 1 aliphatic rings. The van der Waals surface area contributed by atoms with Crippen molar-refractivity contribution < 1.29 is 18.8 Å².